The van der Waals surface area contributed by atoms with E-state index in [2.05, 4.69) is 0 Å². The van der Waals surface area contributed by atoms with Crippen molar-refractivity contribution >= 4 is 29.3 Å². The Bertz CT molecular complexity index is 601. The van der Waals surface area contributed by atoms with Crippen LogP contribution in [0.5, 0.6) is 11.5 Å². The number of carbonyl (C=O) groups is 2. The third-order valence-corrected chi connectivity index (χ3v) is 3.44. The fraction of sp³-hybridized carbons (Fsp3) is 0.500. The van der Waals surface area contributed by atoms with Gasteiger partial charge in [-0.25, -0.2) is 9.69 Å². The van der Waals surface area contributed by atoms with Crippen molar-refractivity contribution in [3.63, 3.8) is 0 Å². The second kappa shape index (κ2) is 8.06. The lowest BCUT2D eigenvalue weighted by molar-refractivity contribution is -0.116. The van der Waals surface area contributed by atoms with E-state index in [0.717, 1.165) is 4.90 Å². The van der Waals surface area contributed by atoms with Crippen LogP contribution in [0.3, 0.4) is 0 Å². The van der Waals surface area contributed by atoms with Crippen molar-refractivity contribution in [2.45, 2.75) is 40.7 Å². The van der Waals surface area contributed by atoms with E-state index < -0.39 is 12.0 Å². The van der Waals surface area contributed by atoms with Crippen molar-refractivity contribution < 1.29 is 23.8 Å². The highest BCUT2D eigenvalue weighted by Gasteiger charge is 2.28. The number of ether oxygens (including phenoxy) is 3. The molecule has 0 N–H and O–H groups in total. The van der Waals surface area contributed by atoms with E-state index in [0.29, 0.717) is 29.4 Å². The van der Waals surface area contributed by atoms with E-state index in [1.807, 2.05) is 6.92 Å². The summed E-state index contributed by atoms with van der Waals surface area (Å²) in [5, 5.41) is 0.282. The highest BCUT2D eigenvalue weighted by Crippen LogP contribution is 2.43. The molecule has 128 valence electrons. The maximum absolute atomic E-state index is 12.2. The summed E-state index contributed by atoms with van der Waals surface area (Å²) in [5.74, 6) is 0.223. The average molecular weight is 344 g/mol. The van der Waals surface area contributed by atoms with Gasteiger partial charge in [0.25, 0.3) is 0 Å². The van der Waals surface area contributed by atoms with Crippen LogP contribution in [0, 0.1) is 6.92 Å². The van der Waals surface area contributed by atoms with Crippen LogP contribution in [0.1, 0.15) is 33.3 Å². The highest BCUT2D eigenvalue weighted by atomic mass is 35.5. The van der Waals surface area contributed by atoms with Gasteiger partial charge in [0.1, 0.15) is 0 Å². The van der Waals surface area contributed by atoms with E-state index in [-0.39, 0.29) is 11.1 Å². The predicted octanol–water partition coefficient (Wildman–Crippen LogP) is 3.95. The summed E-state index contributed by atoms with van der Waals surface area (Å²) in [4.78, 5) is 25.1. The number of nitrogens with zero attached hydrogens (tertiary/aromatic N) is 1. The molecule has 7 heteroatoms. The molecule has 0 bridgehead atoms. The Kier molecular flexibility index (Phi) is 6.69. The molecule has 0 saturated carbocycles. The number of benzene rings is 1. The Morgan fingerprint density at radius 2 is 1.96 bits per heavy atom. The molecule has 0 radical (unpaired) electrons. The van der Waals surface area contributed by atoms with Crippen molar-refractivity contribution in [3.05, 3.63) is 16.7 Å². The molecule has 0 spiro atoms. The first-order valence-corrected chi connectivity index (χ1v) is 7.63. The van der Waals surface area contributed by atoms with Crippen LogP contribution >= 0.6 is 11.6 Å². The lowest BCUT2D eigenvalue weighted by atomic mass is 10.1. The van der Waals surface area contributed by atoms with Crippen molar-refractivity contribution in [1.82, 2.24) is 0 Å². The van der Waals surface area contributed by atoms with Gasteiger partial charge in [-0.05, 0) is 33.3 Å². The second-order valence-corrected chi connectivity index (χ2v) is 5.46. The van der Waals surface area contributed by atoms with Gasteiger partial charge in [-0.15, -0.1) is 0 Å². The van der Waals surface area contributed by atoms with Gasteiger partial charge in [-0.2, -0.15) is 0 Å². The molecule has 0 atom stereocenters. The number of imide groups is 1. The van der Waals surface area contributed by atoms with E-state index in [1.54, 1.807) is 20.8 Å². The predicted molar refractivity (Wildman–Crippen MR) is 88.7 cm³/mol. The molecule has 0 aliphatic carbocycles. The molecular formula is C16H22ClNO5. The number of rotatable bonds is 5. The summed E-state index contributed by atoms with van der Waals surface area (Å²) in [7, 11) is 1.46. The fourth-order valence-corrected chi connectivity index (χ4v) is 2.25. The zero-order chi connectivity index (χ0) is 17.7. The Hall–Kier alpha value is -1.95. The maximum atomic E-state index is 12.2. The molecule has 0 aliphatic rings. The normalized spacial score (nSPS) is 10.4. The standard InChI is InChI=1S/C16H22ClNO5/c1-7-22-15-13(21-6)8-12(10(4)14(15)17)18(11(5)19)16(20)23-9(2)3/h8-9H,7H2,1-6H3. The van der Waals surface area contributed by atoms with Gasteiger partial charge in [0.2, 0.25) is 5.91 Å². The molecule has 0 fully saturated rings. The smallest absolute Gasteiger partial charge is 0.421 e. The van der Waals surface area contributed by atoms with Crippen molar-refractivity contribution in [2.24, 2.45) is 0 Å². The summed E-state index contributed by atoms with van der Waals surface area (Å²) in [6, 6.07) is 1.54. The van der Waals surface area contributed by atoms with Crippen LogP contribution < -0.4 is 14.4 Å². The molecule has 0 aliphatic heterocycles. The zero-order valence-electron chi connectivity index (χ0n) is 14.2. The van der Waals surface area contributed by atoms with Gasteiger partial charge in [-0.3, -0.25) is 4.79 Å². The van der Waals surface area contributed by atoms with Crippen LogP contribution in [0.2, 0.25) is 5.02 Å². The summed E-state index contributed by atoms with van der Waals surface area (Å²) in [5.41, 5.74) is 0.820. The zero-order valence-corrected chi connectivity index (χ0v) is 15.0. The molecule has 1 aromatic carbocycles. The summed E-state index contributed by atoms with van der Waals surface area (Å²) in [6.07, 6.45) is -1.12. The monoisotopic (exact) mass is 343 g/mol. The summed E-state index contributed by atoms with van der Waals surface area (Å²) in [6.45, 7) is 8.60. The number of halogens is 1. The number of methoxy groups -OCH3 is 1. The lowest BCUT2D eigenvalue weighted by Gasteiger charge is -2.24. The Morgan fingerprint density at radius 1 is 1.35 bits per heavy atom. The van der Waals surface area contributed by atoms with E-state index in [9.17, 15) is 9.59 Å². The van der Waals surface area contributed by atoms with Gasteiger partial charge >= 0.3 is 6.09 Å². The minimum absolute atomic E-state index is 0.282. The molecule has 0 saturated heterocycles. The SMILES string of the molecule is CCOc1c(OC)cc(N(C(C)=O)C(=O)OC(C)C)c(C)c1Cl. The minimum Gasteiger partial charge on any atom is -0.493 e. The van der Waals surface area contributed by atoms with E-state index >= 15 is 0 Å². The third kappa shape index (κ3) is 4.28. The average Bonchev–Trinajstić information content (AvgIpc) is 2.45. The van der Waals surface area contributed by atoms with Gasteiger partial charge in [0, 0.05) is 13.0 Å². The number of carbonyl (C=O) groups excluding carboxylic acids is 2. The van der Waals surface area contributed by atoms with Crippen LogP contribution in [-0.4, -0.2) is 31.8 Å². The van der Waals surface area contributed by atoms with Gasteiger partial charge in [-0.1, -0.05) is 11.6 Å². The maximum Gasteiger partial charge on any atom is 0.421 e. The molecule has 2 amide bonds. The molecule has 1 rings (SSSR count). The van der Waals surface area contributed by atoms with Crippen LogP contribution in [0.15, 0.2) is 6.07 Å². The van der Waals surface area contributed by atoms with Crippen molar-refractivity contribution in [1.29, 1.82) is 0 Å². The summed E-state index contributed by atoms with van der Waals surface area (Å²) < 4.78 is 15.9. The Morgan fingerprint density at radius 3 is 2.39 bits per heavy atom. The van der Waals surface area contributed by atoms with Gasteiger partial charge < -0.3 is 14.2 Å². The van der Waals surface area contributed by atoms with Crippen LogP contribution in [0.4, 0.5) is 10.5 Å². The van der Waals surface area contributed by atoms with Gasteiger partial charge in [0.15, 0.2) is 11.5 Å². The number of anilines is 1. The molecular weight excluding hydrogens is 322 g/mol. The number of hydrogen-bond acceptors (Lipinski definition) is 5. The summed E-state index contributed by atoms with van der Waals surface area (Å²) >= 11 is 6.33. The molecule has 0 heterocycles. The second-order valence-electron chi connectivity index (χ2n) is 5.09. The largest absolute Gasteiger partial charge is 0.493 e. The van der Waals surface area contributed by atoms with Crippen LogP contribution in [-0.2, 0) is 9.53 Å². The van der Waals surface area contributed by atoms with Crippen LogP contribution in [0.25, 0.3) is 0 Å². The van der Waals surface area contributed by atoms with E-state index in [4.69, 9.17) is 25.8 Å². The fourth-order valence-electron chi connectivity index (χ4n) is 2.00. The number of amides is 2. The quantitative estimate of drug-likeness (QED) is 0.809. The first kappa shape index (κ1) is 19.1. The molecule has 1 aromatic rings. The lowest BCUT2D eigenvalue weighted by Crippen LogP contribution is -2.37. The molecule has 6 nitrogen and oxygen atoms in total. The number of hydrogen-bond donors (Lipinski definition) is 0. The van der Waals surface area contributed by atoms with Crippen molar-refractivity contribution in [3.8, 4) is 11.5 Å². The first-order valence-electron chi connectivity index (χ1n) is 7.25. The molecule has 0 aromatic heterocycles. The van der Waals surface area contributed by atoms with E-state index in [1.165, 1.54) is 20.1 Å². The van der Waals surface area contributed by atoms with Crippen molar-refractivity contribution in [2.75, 3.05) is 18.6 Å². The minimum atomic E-state index is -0.766. The topological polar surface area (TPSA) is 65.1 Å². The third-order valence-electron chi connectivity index (χ3n) is 2.99. The molecule has 0 unspecified atom stereocenters. The van der Waals surface area contributed by atoms with Gasteiger partial charge in [0.05, 0.1) is 30.5 Å². The first-order chi connectivity index (χ1) is 10.7. The molecule has 23 heavy (non-hydrogen) atoms. The highest BCUT2D eigenvalue weighted by molar-refractivity contribution is 6.34. The Balaban J connectivity index is 3.46. The Labute approximate surface area is 141 Å².